The Morgan fingerprint density at radius 2 is 1.82 bits per heavy atom. The van der Waals surface area contributed by atoms with Crippen LogP contribution in [0.3, 0.4) is 0 Å². The van der Waals surface area contributed by atoms with E-state index < -0.39 is 0 Å². The van der Waals surface area contributed by atoms with Crippen molar-refractivity contribution in [3.05, 3.63) is 47.8 Å². The van der Waals surface area contributed by atoms with Crippen LogP contribution >= 0.6 is 0 Å². The first-order chi connectivity index (χ1) is 10.2. The van der Waals surface area contributed by atoms with Crippen molar-refractivity contribution in [2.75, 3.05) is 0 Å². The first-order valence-corrected chi connectivity index (χ1v) is 8.32. The van der Waals surface area contributed by atoms with Gasteiger partial charge in [-0.2, -0.15) is 0 Å². The van der Waals surface area contributed by atoms with Crippen LogP contribution in [-0.2, 0) is 0 Å². The Kier molecular flexibility index (Phi) is 9.48. The minimum absolute atomic E-state index is 0.0456. The van der Waals surface area contributed by atoms with Crippen molar-refractivity contribution in [3.63, 3.8) is 0 Å². The van der Waals surface area contributed by atoms with Gasteiger partial charge in [0.15, 0.2) is 0 Å². The second-order valence-electron chi connectivity index (χ2n) is 6.66. The highest BCUT2D eigenvalue weighted by Gasteiger charge is 2.19. The molecule has 2 heteroatoms. The molecule has 0 aromatic heterocycles. The zero-order valence-corrected chi connectivity index (χ0v) is 15.1. The van der Waals surface area contributed by atoms with Crippen molar-refractivity contribution >= 4 is 5.71 Å². The molecule has 1 aliphatic carbocycles. The topological polar surface area (TPSA) is 44.1 Å². The van der Waals surface area contributed by atoms with Crippen molar-refractivity contribution < 1.29 is 5.11 Å². The number of aliphatic hydroxyl groups is 1. The van der Waals surface area contributed by atoms with Crippen LogP contribution in [0.15, 0.2) is 47.8 Å². The summed E-state index contributed by atoms with van der Waals surface area (Å²) in [6.45, 7) is 12.6. The molecule has 124 valence electrons. The van der Waals surface area contributed by atoms with Crippen LogP contribution in [-0.4, -0.2) is 10.8 Å². The van der Waals surface area contributed by atoms with Crippen LogP contribution in [0.2, 0.25) is 0 Å². The summed E-state index contributed by atoms with van der Waals surface area (Å²) in [5.74, 6) is 0.528. The average molecular weight is 303 g/mol. The van der Waals surface area contributed by atoms with Crippen LogP contribution in [0.4, 0.5) is 0 Å². The lowest BCUT2D eigenvalue weighted by Gasteiger charge is -2.12. The van der Waals surface area contributed by atoms with Crippen molar-refractivity contribution in [1.29, 1.82) is 5.41 Å². The number of nitrogens with one attached hydrogen (secondary N) is 1. The van der Waals surface area contributed by atoms with Gasteiger partial charge in [-0.05, 0) is 12.0 Å². The van der Waals surface area contributed by atoms with Gasteiger partial charge in [-0.1, -0.05) is 91.2 Å². The highest BCUT2D eigenvalue weighted by molar-refractivity contribution is 6.11. The Labute approximate surface area is 136 Å². The van der Waals surface area contributed by atoms with Crippen molar-refractivity contribution in [2.24, 2.45) is 11.3 Å². The van der Waals surface area contributed by atoms with E-state index in [9.17, 15) is 5.11 Å². The molecule has 0 heterocycles. The van der Waals surface area contributed by atoms with Gasteiger partial charge in [-0.25, -0.2) is 0 Å². The standard InChI is InChI=1S/C15H21NO.C5H12/c1-11(2)6-5-7-12-8-9-15(3,4)10-13(17)14(12)16;1-3-5-4-2/h5-11,16-17H,1-4H3;3-5H2,1-2H3/b6-5-,12-7-,16-14?;. The Balaban J connectivity index is 0.000000763. The summed E-state index contributed by atoms with van der Waals surface area (Å²) in [6, 6.07) is 0. The van der Waals surface area contributed by atoms with Gasteiger partial charge in [-0.15, -0.1) is 0 Å². The van der Waals surface area contributed by atoms with E-state index in [2.05, 4.69) is 33.8 Å². The molecule has 2 N–H and O–H groups in total. The first kappa shape index (κ1) is 20.4. The average Bonchev–Trinajstić information content (AvgIpc) is 2.51. The van der Waals surface area contributed by atoms with Gasteiger partial charge in [0.05, 0.1) is 0 Å². The summed E-state index contributed by atoms with van der Waals surface area (Å²) in [6.07, 6.45) is 15.5. The molecule has 0 saturated carbocycles. The quantitative estimate of drug-likeness (QED) is 0.622. The zero-order chi connectivity index (χ0) is 17.2. The lowest BCUT2D eigenvalue weighted by atomic mass is 9.93. The second kappa shape index (κ2) is 10.2. The first-order valence-electron chi connectivity index (χ1n) is 8.32. The maximum atomic E-state index is 9.80. The number of allylic oxidation sites excluding steroid dienone is 7. The summed E-state index contributed by atoms with van der Waals surface area (Å²) in [7, 11) is 0. The zero-order valence-electron chi connectivity index (χ0n) is 15.1. The minimum atomic E-state index is -0.215. The predicted octanol–water partition coefficient (Wildman–Crippen LogP) is 6.38. The third-order valence-electron chi connectivity index (χ3n) is 3.22. The molecule has 0 bridgehead atoms. The molecule has 0 amide bonds. The van der Waals surface area contributed by atoms with E-state index in [1.54, 1.807) is 6.08 Å². The van der Waals surface area contributed by atoms with Gasteiger partial charge < -0.3 is 5.11 Å². The smallest absolute Gasteiger partial charge is 0.137 e. The number of hydrogen-bond donors (Lipinski definition) is 2. The van der Waals surface area contributed by atoms with Gasteiger partial charge in [0.1, 0.15) is 11.5 Å². The summed E-state index contributed by atoms with van der Waals surface area (Å²) in [4.78, 5) is 0. The highest BCUT2D eigenvalue weighted by Crippen LogP contribution is 2.26. The van der Waals surface area contributed by atoms with E-state index in [-0.39, 0.29) is 16.9 Å². The Morgan fingerprint density at radius 1 is 1.23 bits per heavy atom. The molecule has 0 radical (unpaired) electrons. The van der Waals surface area contributed by atoms with Crippen molar-refractivity contribution in [3.8, 4) is 0 Å². The van der Waals surface area contributed by atoms with Crippen LogP contribution in [0.25, 0.3) is 0 Å². The molecule has 0 unspecified atom stereocenters. The van der Waals surface area contributed by atoms with E-state index in [1.807, 2.05) is 38.2 Å². The summed E-state index contributed by atoms with van der Waals surface area (Å²) in [5.41, 5.74) is 0.703. The minimum Gasteiger partial charge on any atom is -0.506 e. The van der Waals surface area contributed by atoms with Crippen molar-refractivity contribution in [2.45, 2.75) is 60.8 Å². The fourth-order valence-electron chi connectivity index (χ4n) is 1.88. The molecule has 1 rings (SSSR count). The van der Waals surface area contributed by atoms with E-state index in [0.29, 0.717) is 5.92 Å². The fraction of sp³-hybridized carbons (Fsp3) is 0.550. The van der Waals surface area contributed by atoms with E-state index in [1.165, 1.54) is 19.3 Å². The monoisotopic (exact) mass is 303 g/mol. The van der Waals surface area contributed by atoms with Crippen LogP contribution < -0.4 is 0 Å². The maximum absolute atomic E-state index is 9.80. The molecule has 0 aromatic rings. The van der Waals surface area contributed by atoms with Gasteiger partial charge >= 0.3 is 0 Å². The van der Waals surface area contributed by atoms with Crippen molar-refractivity contribution in [1.82, 2.24) is 0 Å². The number of hydrogen-bond acceptors (Lipinski definition) is 2. The second-order valence-corrected chi connectivity index (χ2v) is 6.66. The normalized spacial score (nSPS) is 19.1. The molecule has 0 aromatic carbocycles. The predicted molar refractivity (Wildman–Crippen MR) is 98.6 cm³/mol. The van der Waals surface area contributed by atoms with Gasteiger partial charge in [0, 0.05) is 11.0 Å². The number of rotatable bonds is 4. The summed E-state index contributed by atoms with van der Waals surface area (Å²) < 4.78 is 0. The highest BCUT2D eigenvalue weighted by atomic mass is 16.3. The van der Waals surface area contributed by atoms with Gasteiger partial charge in [0.2, 0.25) is 0 Å². The number of aliphatic hydroxyl groups excluding tert-OH is 1. The van der Waals surface area contributed by atoms with Crippen LogP contribution in [0.5, 0.6) is 0 Å². The van der Waals surface area contributed by atoms with Gasteiger partial charge in [0.25, 0.3) is 0 Å². The third-order valence-corrected chi connectivity index (χ3v) is 3.22. The molecule has 0 atom stereocenters. The molecule has 0 spiro atoms. The van der Waals surface area contributed by atoms with Crippen LogP contribution in [0, 0.1) is 16.7 Å². The van der Waals surface area contributed by atoms with Gasteiger partial charge in [-0.3, -0.25) is 5.41 Å². The van der Waals surface area contributed by atoms with E-state index >= 15 is 0 Å². The SMILES string of the molecule is CC(C)/C=C\C=C1\C=CC(C)(C)C=C(O)C1=N.CCCCC. The summed E-state index contributed by atoms with van der Waals surface area (Å²) >= 11 is 0. The third kappa shape index (κ3) is 8.66. The molecular weight excluding hydrogens is 270 g/mol. The largest absolute Gasteiger partial charge is 0.506 e. The Bertz CT molecular complexity index is 460. The molecule has 22 heavy (non-hydrogen) atoms. The van der Waals surface area contributed by atoms with E-state index in [0.717, 1.165) is 5.57 Å². The Hall–Kier alpha value is -1.57. The molecule has 0 aliphatic heterocycles. The maximum Gasteiger partial charge on any atom is 0.137 e. The summed E-state index contributed by atoms with van der Waals surface area (Å²) in [5, 5.41) is 17.7. The molecule has 1 aliphatic rings. The molecular formula is C20H33NO. The fourth-order valence-corrected chi connectivity index (χ4v) is 1.88. The number of unbranched alkanes of at least 4 members (excludes halogenated alkanes) is 2. The van der Waals surface area contributed by atoms with Crippen LogP contribution in [0.1, 0.15) is 60.8 Å². The lowest BCUT2D eigenvalue weighted by molar-refractivity contribution is 0.429. The lowest BCUT2D eigenvalue weighted by Crippen LogP contribution is -2.05. The molecule has 0 fully saturated rings. The van der Waals surface area contributed by atoms with E-state index in [4.69, 9.17) is 5.41 Å². The molecule has 0 saturated heterocycles. The Morgan fingerprint density at radius 3 is 2.27 bits per heavy atom. The molecule has 2 nitrogen and oxygen atoms in total.